The average Bonchev–Trinajstić information content (AvgIpc) is 2.55. The monoisotopic (exact) mass is 288 g/mol. The van der Waals surface area contributed by atoms with Gasteiger partial charge in [0.15, 0.2) is 10.9 Å². The first-order valence-electron chi connectivity index (χ1n) is 6.95. The van der Waals surface area contributed by atoms with Crippen LogP contribution < -0.4 is 10.9 Å². The van der Waals surface area contributed by atoms with Crippen LogP contribution in [0, 0.1) is 0 Å². The standard InChI is InChI=1S/C18H12N2O2/c21-14-5-8-19(9-6-14)18-11-13-3-1-2-4-16(13)17-12-15(22)7-10-20(17)18/h1-12H. The Kier molecular flexibility index (Phi) is 2.69. The molecule has 3 heterocycles. The van der Waals surface area contributed by atoms with Crippen molar-refractivity contribution in [2.24, 2.45) is 0 Å². The Labute approximate surface area is 125 Å². The lowest BCUT2D eigenvalue weighted by atomic mass is 10.1. The van der Waals surface area contributed by atoms with Crippen LogP contribution in [0.15, 0.2) is 82.8 Å². The van der Waals surface area contributed by atoms with Gasteiger partial charge in [-0.3, -0.25) is 9.59 Å². The molecule has 0 fully saturated rings. The molecule has 0 saturated carbocycles. The van der Waals surface area contributed by atoms with E-state index in [2.05, 4.69) is 0 Å². The van der Waals surface area contributed by atoms with Crippen LogP contribution in [0.3, 0.4) is 0 Å². The molecule has 0 saturated heterocycles. The molecule has 4 aromatic rings. The molecule has 106 valence electrons. The molecule has 1 aromatic carbocycles. The summed E-state index contributed by atoms with van der Waals surface area (Å²) < 4.78 is 3.82. The fraction of sp³-hybridized carbons (Fsp3) is 0. The van der Waals surface area contributed by atoms with E-state index >= 15 is 0 Å². The number of rotatable bonds is 1. The van der Waals surface area contributed by atoms with Crippen LogP contribution in [0.25, 0.3) is 22.1 Å². The minimum atomic E-state index is -0.0341. The van der Waals surface area contributed by atoms with E-state index in [-0.39, 0.29) is 10.9 Å². The summed E-state index contributed by atoms with van der Waals surface area (Å²) >= 11 is 0. The SMILES string of the molecule is O=c1ccn(-c2cc3ccccc3c3cc(=O)ccn23)cc1. The molecule has 0 spiro atoms. The molecule has 4 rings (SSSR count). The molecule has 0 aliphatic heterocycles. The molecule has 0 unspecified atom stereocenters. The van der Waals surface area contributed by atoms with Crippen molar-refractivity contribution in [3.8, 4) is 5.82 Å². The van der Waals surface area contributed by atoms with Crippen molar-refractivity contribution < 1.29 is 0 Å². The molecule has 3 aromatic heterocycles. The summed E-state index contributed by atoms with van der Waals surface area (Å²) in [7, 11) is 0. The number of fused-ring (bicyclic) bond motifs is 3. The summed E-state index contributed by atoms with van der Waals surface area (Å²) in [5, 5.41) is 2.06. The van der Waals surface area contributed by atoms with Gasteiger partial charge in [-0.2, -0.15) is 0 Å². The Morgan fingerprint density at radius 1 is 0.727 bits per heavy atom. The summed E-state index contributed by atoms with van der Waals surface area (Å²) in [6, 6.07) is 16.2. The van der Waals surface area contributed by atoms with E-state index in [1.54, 1.807) is 24.7 Å². The van der Waals surface area contributed by atoms with Gasteiger partial charge in [-0.25, -0.2) is 0 Å². The second-order valence-corrected chi connectivity index (χ2v) is 5.15. The van der Waals surface area contributed by atoms with E-state index in [4.69, 9.17) is 0 Å². The highest BCUT2D eigenvalue weighted by Crippen LogP contribution is 2.23. The van der Waals surface area contributed by atoms with E-state index in [9.17, 15) is 9.59 Å². The minimum Gasteiger partial charge on any atom is -0.309 e. The van der Waals surface area contributed by atoms with Crippen LogP contribution in [-0.4, -0.2) is 8.97 Å². The van der Waals surface area contributed by atoms with Gasteiger partial charge >= 0.3 is 0 Å². The second-order valence-electron chi connectivity index (χ2n) is 5.15. The van der Waals surface area contributed by atoms with E-state index in [0.717, 1.165) is 22.1 Å². The van der Waals surface area contributed by atoms with Crippen molar-refractivity contribution >= 4 is 16.3 Å². The maximum absolute atomic E-state index is 11.8. The van der Waals surface area contributed by atoms with Gasteiger partial charge in [-0.1, -0.05) is 24.3 Å². The average molecular weight is 288 g/mol. The predicted octanol–water partition coefficient (Wildman–Crippen LogP) is 2.60. The molecule has 4 heteroatoms. The quantitative estimate of drug-likeness (QED) is 0.505. The van der Waals surface area contributed by atoms with Crippen molar-refractivity contribution in [1.82, 2.24) is 8.97 Å². The van der Waals surface area contributed by atoms with Crippen LogP contribution in [0.5, 0.6) is 0 Å². The molecule has 0 radical (unpaired) electrons. The number of hydrogen-bond acceptors (Lipinski definition) is 2. The van der Waals surface area contributed by atoms with Crippen LogP contribution in [0.4, 0.5) is 0 Å². The first-order valence-corrected chi connectivity index (χ1v) is 6.95. The van der Waals surface area contributed by atoms with E-state index in [0.29, 0.717) is 0 Å². The van der Waals surface area contributed by atoms with Gasteiger partial charge in [0.1, 0.15) is 5.82 Å². The molecule has 0 aliphatic carbocycles. The number of pyridine rings is 3. The molecule has 0 N–H and O–H groups in total. The first kappa shape index (κ1) is 12.6. The molecule has 0 aliphatic rings. The summed E-state index contributed by atoms with van der Waals surface area (Å²) in [6.07, 6.45) is 5.21. The Hall–Kier alpha value is -3.14. The predicted molar refractivity (Wildman–Crippen MR) is 86.8 cm³/mol. The highest BCUT2D eigenvalue weighted by Gasteiger charge is 2.06. The lowest BCUT2D eigenvalue weighted by Crippen LogP contribution is -2.09. The fourth-order valence-electron chi connectivity index (χ4n) is 2.72. The smallest absolute Gasteiger partial charge is 0.182 e. The molecular formula is C18H12N2O2. The van der Waals surface area contributed by atoms with Crippen LogP contribution in [0.1, 0.15) is 0 Å². The molecule has 0 bridgehead atoms. The number of hydrogen-bond donors (Lipinski definition) is 0. The molecule has 22 heavy (non-hydrogen) atoms. The third kappa shape index (κ3) is 1.93. The van der Waals surface area contributed by atoms with Crippen molar-refractivity contribution in [3.05, 3.63) is 93.6 Å². The van der Waals surface area contributed by atoms with Gasteiger partial charge in [-0.05, 0) is 11.5 Å². The maximum Gasteiger partial charge on any atom is 0.182 e. The van der Waals surface area contributed by atoms with E-state index in [1.165, 1.54) is 18.2 Å². The zero-order valence-corrected chi connectivity index (χ0v) is 11.6. The second kappa shape index (κ2) is 4.70. The van der Waals surface area contributed by atoms with Crippen LogP contribution >= 0.6 is 0 Å². The Balaban J connectivity index is 2.19. The van der Waals surface area contributed by atoms with E-state index in [1.807, 2.05) is 39.3 Å². The topological polar surface area (TPSA) is 43.5 Å². The zero-order valence-electron chi connectivity index (χ0n) is 11.6. The Bertz CT molecular complexity index is 1100. The summed E-state index contributed by atoms with van der Waals surface area (Å²) in [6.45, 7) is 0. The highest BCUT2D eigenvalue weighted by molar-refractivity contribution is 5.96. The Morgan fingerprint density at radius 2 is 1.45 bits per heavy atom. The summed E-state index contributed by atoms with van der Waals surface area (Å²) in [4.78, 5) is 23.1. The van der Waals surface area contributed by atoms with Gasteiger partial charge in [-0.15, -0.1) is 0 Å². The van der Waals surface area contributed by atoms with Crippen molar-refractivity contribution in [1.29, 1.82) is 0 Å². The first-order chi connectivity index (χ1) is 10.7. The molecule has 0 atom stereocenters. The fourth-order valence-corrected chi connectivity index (χ4v) is 2.72. The molecule has 4 nitrogen and oxygen atoms in total. The lowest BCUT2D eigenvalue weighted by molar-refractivity contribution is 0.945. The maximum atomic E-state index is 11.8. The zero-order chi connectivity index (χ0) is 15.1. The lowest BCUT2D eigenvalue weighted by Gasteiger charge is -2.14. The number of nitrogens with zero attached hydrogens (tertiary/aromatic N) is 2. The Morgan fingerprint density at radius 3 is 2.27 bits per heavy atom. The largest absolute Gasteiger partial charge is 0.309 e. The third-order valence-electron chi connectivity index (χ3n) is 3.76. The van der Waals surface area contributed by atoms with Gasteiger partial charge in [0, 0.05) is 48.2 Å². The number of benzene rings is 1. The van der Waals surface area contributed by atoms with Crippen molar-refractivity contribution in [2.45, 2.75) is 0 Å². The van der Waals surface area contributed by atoms with Gasteiger partial charge in [0.25, 0.3) is 0 Å². The van der Waals surface area contributed by atoms with Crippen molar-refractivity contribution in [2.75, 3.05) is 0 Å². The molecular weight excluding hydrogens is 276 g/mol. The minimum absolute atomic E-state index is 0.0257. The van der Waals surface area contributed by atoms with Gasteiger partial charge < -0.3 is 8.97 Å². The van der Waals surface area contributed by atoms with Crippen LogP contribution in [0.2, 0.25) is 0 Å². The molecule has 0 amide bonds. The highest BCUT2D eigenvalue weighted by atomic mass is 16.1. The van der Waals surface area contributed by atoms with Crippen molar-refractivity contribution in [3.63, 3.8) is 0 Å². The van der Waals surface area contributed by atoms with Gasteiger partial charge in [0.2, 0.25) is 0 Å². The summed E-state index contributed by atoms with van der Waals surface area (Å²) in [5.74, 6) is 0.869. The van der Waals surface area contributed by atoms with E-state index < -0.39 is 0 Å². The summed E-state index contributed by atoms with van der Waals surface area (Å²) in [5.41, 5.74) is 0.787. The van der Waals surface area contributed by atoms with Crippen LogP contribution in [-0.2, 0) is 0 Å². The third-order valence-corrected chi connectivity index (χ3v) is 3.76. The normalized spacial score (nSPS) is 11.1. The van der Waals surface area contributed by atoms with Gasteiger partial charge in [0.05, 0.1) is 5.52 Å². The number of aromatic nitrogens is 2.